The predicted molar refractivity (Wildman–Crippen MR) is 168 cm³/mol. The summed E-state index contributed by atoms with van der Waals surface area (Å²) in [6, 6.07) is 7.79. The first-order valence-corrected chi connectivity index (χ1v) is 16.5. The molecule has 9 nitrogen and oxygen atoms in total. The molecule has 1 aromatic carbocycles. The van der Waals surface area contributed by atoms with Gasteiger partial charge >= 0.3 is 12.2 Å². The first-order chi connectivity index (χ1) is 22.2. The van der Waals surface area contributed by atoms with Crippen LogP contribution < -0.4 is 14.5 Å². The second-order valence-corrected chi connectivity index (χ2v) is 13.0. The van der Waals surface area contributed by atoms with Crippen LogP contribution >= 0.6 is 0 Å². The fraction of sp³-hybridized carbons (Fsp3) is 0.588. The summed E-state index contributed by atoms with van der Waals surface area (Å²) in [5.74, 6) is 0.471. The molecule has 1 aromatic heterocycles. The van der Waals surface area contributed by atoms with Gasteiger partial charge in [0.1, 0.15) is 11.4 Å². The van der Waals surface area contributed by atoms with Gasteiger partial charge in [0.05, 0.1) is 36.3 Å². The largest absolute Gasteiger partial charge is 0.455 e. The number of para-hydroxylation sites is 1. The number of ether oxygens (including phenoxy) is 1. The molecule has 0 spiro atoms. The molecule has 0 N–H and O–H groups in total. The number of nitrogens with zero attached hydrogens (tertiary/aromatic N) is 7. The minimum absolute atomic E-state index is 0.131. The van der Waals surface area contributed by atoms with E-state index in [9.17, 15) is 23.2 Å². The van der Waals surface area contributed by atoms with Crippen LogP contribution in [0.3, 0.4) is 0 Å². The number of alkyl halides is 3. The van der Waals surface area contributed by atoms with Gasteiger partial charge in [0.25, 0.3) is 0 Å². The number of benzene rings is 1. The lowest BCUT2D eigenvalue weighted by molar-refractivity contribution is -0.137. The van der Waals surface area contributed by atoms with E-state index < -0.39 is 17.3 Å². The number of likely N-dealkylation sites (tertiary alicyclic amines) is 1. The highest BCUT2D eigenvalue weighted by Gasteiger charge is 2.40. The van der Waals surface area contributed by atoms with Crippen molar-refractivity contribution in [2.24, 2.45) is 0 Å². The molecular weight excluding hydrogens is 595 g/mol. The minimum atomic E-state index is -4.48. The lowest BCUT2D eigenvalue weighted by Crippen LogP contribution is -2.55. The van der Waals surface area contributed by atoms with Crippen LogP contribution in [0, 0.1) is 11.3 Å². The van der Waals surface area contributed by atoms with E-state index in [-0.39, 0.29) is 36.6 Å². The smallest absolute Gasteiger partial charge is 0.418 e. The molecule has 0 bridgehead atoms. The second kappa shape index (κ2) is 13.5. The molecule has 4 heterocycles. The molecule has 46 heavy (non-hydrogen) atoms. The fourth-order valence-electron chi connectivity index (χ4n) is 7.66. The zero-order valence-electron chi connectivity index (χ0n) is 26.3. The number of halogens is 3. The van der Waals surface area contributed by atoms with Crippen LogP contribution in [0.25, 0.3) is 0 Å². The Balaban J connectivity index is 1.37. The summed E-state index contributed by atoms with van der Waals surface area (Å²) in [7, 11) is 0. The standard InChI is InChI=1S/C34H42F3N7O2/c1-2-30(45)44-21-20-43(22-25(44)12-16-38)31-26-13-19-42(29-11-5-4-10-27(29)34(35,36)37)23-28(26)39-32(40-31)46-33(14-6-3-7-15-33)24-41-17-8-9-18-41/h2,4-5,10-11,25H,1,3,6-9,12-15,17-24H2/t25-/m0/s1. The highest BCUT2D eigenvalue weighted by molar-refractivity contribution is 5.87. The summed E-state index contributed by atoms with van der Waals surface area (Å²) >= 11 is 0. The highest BCUT2D eigenvalue weighted by Crippen LogP contribution is 2.40. The third kappa shape index (κ3) is 6.80. The first-order valence-electron chi connectivity index (χ1n) is 16.5. The van der Waals surface area contributed by atoms with E-state index in [1.807, 2.05) is 0 Å². The SMILES string of the molecule is C=CC(=O)N1CCN(c2nc(OC3(CN4CCCC4)CCCCC3)nc3c2CCN(c2ccccc2C(F)(F)F)C3)C[C@@H]1CC#N. The van der Waals surface area contributed by atoms with Gasteiger partial charge in [-0.1, -0.05) is 25.1 Å². The summed E-state index contributed by atoms with van der Waals surface area (Å²) in [6.45, 7) is 8.36. The van der Waals surface area contributed by atoms with Crippen LogP contribution in [-0.4, -0.2) is 83.1 Å². The molecule has 0 radical (unpaired) electrons. The number of hydrogen-bond donors (Lipinski definition) is 0. The Hall–Kier alpha value is -3.85. The van der Waals surface area contributed by atoms with E-state index in [1.165, 1.54) is 31.1 Å². The van der Waals surface area contributed by atoms with Gasteiger partial charge in [-0.05, 0) is 76.2 Å². The summed E-state index contributed by atoms with van der Waals surface area (Å²) in [6.07, 6.45) is 4.82. The summed E-state index contributed by atoms with van der Waals surface area (Å²) < 4.78 is 48.9. The zero-order valence-corrected chi connectivity index (χ0v) is 26.3. The molecular formula is C34H42F3N7O2. The van der Waals surface area contributed by atoms with Gasteiger partial charge in [0.15, 0.2) is 0 Å². The maximum atomic E-state index is 14.0. The lowest BCUT2D eigenvalue weighted by atomic mass is 9.84. The van der Waals surface area contributed by atoms with Gasteiger partial charge in [-0.15, -0.1) is 0 Å². The number of rotatable bonds is 8. The van der Waals surface area contributed by atoms with Gasteiger partial charge in [0, 0.05) is 44.0 Å². The van der Waals surface area contributed by atoms with Crippen molar-refractivity contribution in [1.29, 1.82) is 5.26 Å². The molecule has 6 rings (SSSR count). The maximum absolute atomic E-state index is 14.0. The van der Waals surface area contributed by atoms with Crippen LogP contribution in [0.1, 0.15) is 68.2 Å². The van der Waals surface area contributed by atoms with Crippen molar-refractivity contribution in [2.45, 2.75) is 82.2 Å². The number of fused-ring (bicyclic) bond motifs is 1. The summed E-state index contributed by atoms with van der Waals surface area (Å²) in [5.41, 5.74) is 0.565. The Morgan fingerprint density at radius 3 is 2.52 bits per heavy atom. The normalized spacial score (nSPS) is 21.9. The highest BCUT2D eigenvalue weighted by atomic mass is 19.4. The molecule has 12 heteroatoms. The molecule has 3 aliphatic heterocycles. The minimum Gasteiger partial charge on any atom is -0.455 e. The third-order valence-electron chi connectivity index (χ3n) is 9.92. The molecule has 0 unspecified atom stereocenters. The van der Waals surface area contributed by atoms with Crippen LogP contribution in [0.15, 0.2) is 36.9 Å². The summed E-state index contributed by atoms with van der Waals surface area (Å²) in [4.78, 5) is 30.5. The van der Waals surface area contributed by atoms with Crippen molar-refractivity contribution in [2.75, 3.05) is 55.6 Å². The Morgan fingerprint density at radius 2 is 1.80 bits per heavy atom. The first kappa shape index (κ1) is 32.1. The molecule has 1 amide bonds. The Labute approximate surface area is 268 Å². The number of piperazine rings is 1. The average Bonchev–Trinajstić information content (AvgIpc) is 3.56. The van der Waals surface area contributed by atoms with Crippen molar-refractivity contribution in [3.63, 3.8) is 0 Å². The molecule has 3 fully saturated rings. The topological polar surface area (TPSA) is 88.8 Å². The van der Waals surface area contributed by atoms with Gasteiger partial charge < -0.3 is 19.4 Å². The van der Waals surface area contributed by atoms with Gasteiger partial charge in [0.2, 0.25) is 5.91 Å². The Bertz CT molecular complexity index is 1460. The van der Waals surface area contributed by atoms with Crippen LogP contribution in [0.2, 0.25) is 0 Å². The number of anilines is 2. The van der Waals surface area contributed by atoms with E-state index >= 15 is 0 Å². The van der Waals surface area contributed by atoms with E-state index in [0.717, 1.165) is 63.4 Å². The van der Waals surface area contributed by atoms with Crippen LogP contribution in [0.5, 0.6) is 6.01 Å². The number of aromatic nitrogens is 2. The maximum Gasteiger partial charge on any atom is 0.418 e. The molecule has 4 aliphatic rings. The fourth-order valence-corrected chi connectivity index (χ4v) is 7.66. The molecule has 2 saturated heterocycles. The van der Waals surface area contributed by atoms with Gasteiger partial charge in [-0.2, -0.15) is 28.4 Å². The van der Waals surface area contributed by atoms with E-state index in [4.69, 9.17) is 14.7 Å². The monoisotopic (exact) mass is 637 g/mol. The van der Waals surface area contributed by atoms with Gasteiger partial charge in [-0.25, -0.2) is 0 Å². The average molecular weight is 638 g/mol. The number of carbonyl (C=O) groups excluding carboxylic acids is 1. The summed E-state index contributed by atoms with van der Waals surface area (Å²) in [5, 5.41) is 9.56. The van der Waals surface area contributed by atoms with Gasteiger partial charge in [-0.3, -0.25) is 9.69 Å². The van der Waals surface area contributed by atoms with Crippen molar-refractivity contribution in [3.8, 4) is 12.1 Å². The number of carbonyl (C=O) groups is 1. The number of amides is 1. The van der Waals surface area contributed by atoms with E-state index in [1.54, 1.807) is 15.9 Å². The van der Waals surface area contributed by atoms with Crippen molar-refractivity contribution in [1.82, 2.24) is 19.8 Å². The molecule has 1 saturated carbocycles. The van der Waals surface area contributed by atoms with E-state index in [2.05, 4.69) is 22.4 Å². The number of hydrogen-bond acceptors (Lipinski definition) is 8. The quantitative estimate of drug-likeness (QED) is 0.358. The van der Waals surface area contributed by atoms with Crippen LogP contribution in [0.4, 0.5) is 24.7 Å². The second-order valence-electron chi connectivity index (χ2n) is 13.0. The number of nitriles is 1. The Kier molecular flexibility index (Phi) is 9.41. The molecule has 1 atom stereocenters. The zero-order chi connectivity index (χ0) is 32.3. The van der Waals surface area contributed by atoms with Crippen molar-refractivity contribution >= 4 is 17.4 Å². The predicted octanol–water partition coefficient (Wildman–Crippen LogP) is 5.35. The molecule has 246 valence electrons. The van der Waals surface area contributed by atoms with Crippen molar-refractivity contribution < 1.29 is 22.7 Å². The third-order valence-corrected chi connectivity index (χ3v) is 9.92. The molecule has 1 aliphatic carbocycles. The Morgan fingerprint density at radius 1 is 1.04 bits per heavy atom. The van der Waals surface area contributed by atoms with E-state index in [0.29, 0.717) is 44.1 Å². The molecule has 2 aromatic rings. The lowest BCUT2D eigenvalue weighted by Gasteiger charge is -2.43. The van der Waals surface area contributed by atoms with Crippen molar-refractivity contribution in [3.05, 3.63) is 53.7 Å². The van der Waals surface area contributed by atoms with Crippen LogP contribution in [-0.2, 0) is 23.9 Å².